The summed E-state index contributed by atoms with van der Waals surface area (Å²) in [4.78, 5) is 18.0. The van der Waals surface area contributed by atoms with Gasteiger partial charge in [0.05, 0.1) is 12.3 Å². The van der Waals surface area contributed by atoms with Gasteiger partial charge >= 0.3 is 0 Å². The van der Waals surface area contributed by atoms with Gasteiger partial charge in [-0.1, -0.05) is 0 Å². The van der Waals surface area contributed by atoms with Crippen LogP contribution in [0, 0.1) is 6.92 Å². The van der Waals surface area contributed by atoms with Crippen molar-refractivity contribution in [3.05, 3.63) is 42.1 Å². The van der Waals surface area contributed by atoms with Gasteiger partial charge in [0.2, 0.25) is 5.76 Å². The first kappa shape index (κ1) is 14.1. The number of amides is 1. The molecule has 1 amide bonds. The monoisotopic (exact) mass is 274 g/mol. The number of aryl methyl sites for hydroxylation is 1. The van der Waals surface area contributed by atoms with Crippen LogP contribution in [0.25, 0.3) is 0 Å². The van der Waals surface area contributed by atoms with E-state index >= 15 is 0 Å². The number of carbonyl (C=O) groups is 1. The van der Waals surface area contributed by atoms with E-state index in [1.165, 1.54) is 6.39 Å². The molecule has 0 N–H and O–H groups in total. The largest absolute Gasteiger partial charge is 0.494 e. The maximum atomic E-state index is 12.4. The van der Waals surface area contributed by atoms with Crippen LogP contribution in [0.1, 0.15) is 30.1 Å². The molecule has 0 saturated heterocycles. The lowest BCUT2D eigenvalue weighted by molar-refractivity contribution is 0.0961. The Morgan fingerprint density at radius 1 is 1.30 bits per heavy atom. The molecular weight excluding hydrogens is 256 g/mol. The third kappa shape index (κ3) is 2.82. The summed E-state index contributed by atoms with van der Waals surface area (Å²) in [5.41, 5.74) is 1.40. The van der Waals surface area contributed by atoms with Crippen LogP contribution in [0.5, 0.6) is 5.75 Å². The number of rotatable bonds is 5. The van der Waals surface area contributed by atoms with E-state index in [0.717, 1.165) is 11.4 Å². The number of ether oxygens (including phenoxy) is 1. The molecule has 5 nitrogen and oxygen atoms in total. The highest BCUT2D eigenvalue weighted by atomic mass is 16.5. The third-order valence-electron chi connectivity index (χ3n) is 2.96. The number of benzene rings is 1. The summed E-state index contributed by atoms with van der Waals surface area (Å²) >= 11 is 0. The minimum absolute atomic E-state index is 0.188. The summed E-state index contributed by atoms with van der Waals surface area (Å²) in [6.07, 6.45) is 1.29. The first-order chi connectivity index (χ1) is 9.67. The lowest BCUT2D eigenvalue weighted by atomic mass is 10.2. The fourth-order valence-corrected chi connectivity index (χ4v) is 1.96. The van der Waals surface area contributed by atoms with E-state index in [1.54, 1.807) is 11.8 Å². The molecule has 2 rings (SSSR count). The van der Waals surface area contributed by atoms with Crippen molar-refractivity contribution in [2.75, 3.05) is 18.1 Å². The molecule has 0 aliphatic carbocycles. The maximum Gasteiger partial charge on any atom is 0.295 e. The topological polar surface area (TPSA) is 55.6 Å². The van der Waals surface area contributed by atoms with Crippen LogP contribution in [0.4, 0.5) is 5.69 Å². The Hall–Kier alpha value is -2.30. The van der Waals surface area contributed by atoms with Crippen molar-refractivity contribution in [2.24, 2.45) is 0 Å². The molecule has 1 aromatic carbocycles. The number of aromatic nitrogens is 1. The Balaban J connectivity index is 2.23. The molecule has 0 fully saturated rings. The zero-order valence-corrected chi connectivity index (χ0v) is 11.9. The SMILES string of the molecule is CCOc1ccc(N(CC)C(=O)c2ocnc2C)cc1. The van der Waals surface area contributed by atoms with E-state index in [0.29, 0.717) is 18.8 Å². The molecule has 1 heterocycles. The summed E-state index contributed by atoms with van der Waals surface area (Å²) in [6.45, 7) is 6.77. The van der Waals surface area contributed by atoms with E-state index in [-0.39, 0.29) is 11.7 Å². The molecule has 20 heavy (non-hydrogen) atoms. The zero-order chi connectivity index (χ0) is 14.5. The van der Waals surface area contributed by atoms with Gasteiger partial charge in [-0.15, -0.1) is 0 Å². The third-order valence-corrected chi connectivity index (χ3v) is 2.96. The first-order valence-corrected chi connectivity index (χ1v) is 6.62. The van der Waals surface area contributed by atoms with Crippen LogP contribution in [-0.2, 0) is 0 Å². The van der Waals surface area contributed by atoms with E-state index < -0.39 is 0 Å². The number of oxazole rings is 1. The van der Waals surface area contributed by atoms with Gasteiger partial charge in [0.25, 0.3) is 5.91 Å². The Labute approximate surface area is 118 Å². The van der Waals surface area contributed by atoms with E-state index in [4.69, 9.17) is 9.15 Å². The number of anilines is 1. The van der Waals surface area contributed by atoms with Crippen molar-refractivity contribution in [3.63, 3.8) is 0 Å². The van der Waals surface area contributed by atoms with Gasteiger partial charge in [-0.3, -0.25) is 4.79 Å². The average Bonchev–Trinajstić information content (AvgIpc) is 2.88. The predicted molar refractivity (Wildman–Crippen MR) is 76.2 cm³/mol. The Kier molecular flexibility index (Phi) is 4.40. The summed E-state index contributed by atoms with van der Waals surface area (Å²) < 4.78 is 10.6. The van der Waals surface area contributed by atoms with Gasteiger partial charge in [0, 0.05) is 12.2 Å². The lowest BCUT2D eigenvalue weighted by Gasteiger charge is -2.20. The summed E-state index contributed by atoms with van der Waals surface area (Å²) in [6, 6.07) is 7.42. The predicted octanol–water partition coefficient (Wildman–Crippen LogP) is 3.05. The molecule has 0 radical (unpaired) electrons. The van der Waals surface area contributed by atoms with Gasteiger partial charge in [0.15, 0.2) is 6.39 Å². The zero-order valence-electron chi connectivity index (χ0n) is 11.9. The van der Waals surface area contributed by atoms with Crippen LogP contribution in [-0.4, -0.2) is 24.0 Å². The average molecular weight is 274 g/mol. The molecule has 0 unspecified atom stereocenters. The van der Waals surface area contributed by atoms with Gasteiger partial charge < -0.3 is 14.1 Å². The smallest absolute Gasteiger partial charge is 0.295 e. The standard InChI is InChI=1S/C15H18N2O3/c1-4-17(15(18)14-11(3)16-10-20-14)12-6-8-13(9-7-12)19-5-2/h6-10H,4-5H2,1-3H3. The minimum Gasteiger partial charge on any atom is -0.494 e. The van der Waals surface area contributed by atoms with Crippen LogP contribution in [0.2, 0.25) is 0 Å². The summed E-state index contributed by atoms with van der Waals surface area (Å²) in [5, 5.41) is 0. The highest BCUT2D eigenvalue weighted by Crippen LogP contribution is 2.22. The molecular formula is C15H18N2O3. The van der Waals surface area contributed by atoms with Crippen LogP contribution in [0.15, 0.2) is 35.1 Å². The van der Waals surface area contributed by atoms with Gasteiger partial charge in [-0.25, -0.2) is 4.98 Å². The molecule has 106 valence electrons. The second kappa shape index (κ2) is 6.23. The Morgan fingerprint density at radius 2 is 2.00 bits per heavy atom. The molecule has 0 atom stereocenters. The second-order valence-corrected chi connectivity index (χ2v) is 4.24. The number of nitrogens with zero attached hydrogens (tertiary/aromatic N) is 2. The molecule has 0 bridgehead atoms. The molecule has 0 saturated carbocycles. The van der Waals surface area contributed by atoms with Gasteiger partial charge in [0.1, 0.15) is 5.75 Å². The molecule has 0 spiro atoms. The van der Waals surface area contributed by atoms with E-state index in [1.807, 2.05) is 38.1 Å². The number of carbonyl (C=O) groups excluding carboxylic acids is 1. The lowest BCUT2D eigenvalue weighted by Crippen LogP contribution is -2.30. The fraction of sp³-hybridized carbons (Fsp3) is 0.333. The molecule has 0 aliphatic heterocycles. The van der Waals surface area contributed by atoms with Crippen LogP contribution >= 0.6 is 0 Å². The van der Waals surface area contributed by atoms with Gasteiger partial charge in [-0.2, -0.15) is 0 Å². The number of hydrogen-bond acceptors (Lipinski definition) is 4. The number of hydrogen-bond donors (Lipinski definition) is 0. The highest BCUT2D eigenvalue weighted by molar-refractivity contribution is 6.04. The molecule has 1 aromatic heterocycles. The normalized spacial score (nSPS) is 10.3. The molecule has 0 aliphatic rings. The van der Waals surface area contributed by atoms with Crippen molar-refractivity contribution < 1.29 is 13.9 Å². The summed E-state index contributed by atoms with van der Waals surface area (Å²) in [7, 11) is 0. The van der Waals surface area contributed by atoms with Crippen LogP contribution in [0.3, 0.4) is 0 Å². The van der Waals surface area contributed by atoms with Crippen molar-refractivity contribution in [1.82, 2.24) is 4.98 Å². The quantitative estimate of drug-likeness (QED) is 0.841. The molecule has 5 heteroatoms. The minimum atomic E-state index is -0.188. The fourth-order valence-electron chi connectivity index (χ4n) is 1.96. The van der Waals surface area contributed by atoms with Crippen molar-refractivity contribution >= 4 is 11.6 Å². The summed E-state index contributed by atoms with van der Waals surface area (Å²) in [5.74, 6) is 0.878. The Morgan fingerprint density at radius 3 is 2.50 bits per heavy atom. The van der Waals surface area contributed by atoms with E-state index in [9.17, 15) is 4.79 Å². The first-order valence-electron chi connectivity index (χ1n) is 6.62. The maximum absolute atomic E-state index is 12.4. The van der Waals surface area contributed by atoms with Crippen molar-refractivity contribution in [3.8, 4) is 5.75 Å². The van der Waals surface area contributed by atoms with Crippen molar-refractivity contribution in [1.29, 1.82) is 0 Å². The molecule has 2 aromatic rings. The van der Waals surface area contributed by atoms with Crippen LogP contribution < -0.4 is 9.64 Å². The van der Waals surface area contributed by atoms with Crippen molar-refractivity contribution in [2.45, 2.75) is 20.8 Å². The van der Waals surface area contributed by atoms with E-state index in [2.05, 4.69) is 4.98 Å². The highest BCUT2D eigenvalue weighted by Gasteiger charge is 2.21. The van der Waals surface area contributed by atoms with Gasteiger partial charge in [-0.05, 0) is 45.0 Å². The second-order valence-electron chi connectivity index (χ2n) is 4.24. The Bertz CT molecular complexity index is 575.